The minimum Gasteiger partial charge on any atom is -0.444 e. The smallest absolute Gasteiger partial charge is 0.410 e. The summed E-state index contributed by atoms with van der Waals surface area (Å²) in [6.07, 6.45) is 5.96. The van der Waals surface area contributed by atoms with Gasteiger partial charge >= 0.3 is 24.4 Å². The number of nitrogens with zero attached hydrogens (tertiary/aromatic N) is 1. The first kappa shape index (κ1) is 47.0. The maximum Gasteiger partial charge on any atom is 0.410 e. The highest BCUT2D eigenvalue weighted by molar-refractivity contribution is 5.69. The van der Waals surface area contributed by atoms with Gasteiger partial charge in [-0.15, -0.1) is 0 Å². The summed E-state index contributed by atoms with van der Waals surface area (Å²) in [4.78, 5) is 52.7. The first-order chi connectivity index (χ1) is 22.9. The van der Waals surface area contributed by atoms with E-state index in [4.69, 9.17) is 24.7 Å². The van der Waals surface area contributed by atoms with Crippen LogP contribution in [0.2, 0.25) is 0 Å². The molecule has 0 saturated heterocycles. The second kappa shape index (κ2) is 22.8. The molecular formula is C37H73N5O8. The Bertz CT molecular complexity index is 996. The molecule has 0 aliphatic rings. The molecule has 2 atom stereocenters. The van der Waals surface area contributed by atoms with Gasteiger partial charge in [0.15, 0.2) is 0 Å². The average molecular weight is 716 g/mol. The highest BCUT2D eigenvalue weighted by atomic mass is 16.6. The van der Waals surface area contributed by atoms with Crippen LogP contribution in [0.1, 0.15) is 147 Å². The molecule has 0 rings (SSSR count). The fraction of sp³-hybridized carbons (Fsp3) is 0.892. The summed E-state index contributed by atoms with van der Waals surface area (Å²) in [5, 5.41) is 8.70. The summed E-state index contributed by atoms with van der Waals surface area (Å²) < 4.78 is 22.2. The van der Waals surface area contributed by atoms with E-state index in [9.17, 15) is 19.2 Å². The largest absolute Gasteiger partial charge is 0.444 e. The van der Waals surface area contributed by atoms with Gasteiger partial charge in [0.05, 0.1) is 0 Å². The minimum absolute atomic E-state index is 0.105. The standard InChI is InChI=1S/C37H73N5O8/c1-34(2,3)47-30(43)39-24-18-16-22-29(41-32(45)49-36(7,8)9)28(21-15-13-14-17-23-38)27-42(33(46)50-37(10,11)12)26-20-19-25-40-31(44)48-35(4,5)6/h28-29H,13-27,38H2,1-12H3,(H,39,43)(H,40,44)(H,41,45). The first-order valence-electron chi connectivity index (χ1n) is 18.5. The maximum absolute atomic E-state index is 13.6. The van der Waals surface area contributed by atoms with Crippen LogP contribution in [0.5, 0.6) is 0 Å². The fourth-order valence-corrected chi connectivity index (χ4v) is 5.00. The molecule has 0 fully saturated rings. The molecule has 0 aliphatic carbocycles. The SMILES string of the molecule is CC(C)(C)OC(=O)NCCCCC(NC(=O)OC(C)(C)C)C(CCCCCCN)CN(CCCCNC(=O)OC(C)(C)C)C(=O)OC(C)(C)C. The number of amides is 4. The van der Waals surface area contributed by atoms with Crippen LogP contribution in [-0.2, 0) is 18.9 Å². The number of carbonyl (C=O) groups excluding carboxylic acids is 4. The average Bonchev–Trinajstić information content (AvgIpc) is 2.90. The van der Waals surface area contributed by atoms with Crippen LogP contribution < -0.4 is 21.7 Å². The van der Waals surface area contributed by atoms with E-state index >= 15 is 0 Å². The molecule has 50 heavy (non-hydrogen) atoms. The van der Waals surface area contributed by atoms with Crippen LogP contribution in [0.4, 0.5) is 19.2 Å². The van der Waals surface area contributed by atoms with Gasteiger partial charge in [0.2, 0.25) is 0 Å². The molecule has 0 spiro atoms. The zero-order chi connectivity index (χ0) is 38.6. The van der Waals surface area contributed by atoms with Gasteiger partial charge in [-0.3, -0.25) is 0 Å². The van der Waals surface area contributed by atoms with Crippen LogP contribution >= 0.6 is 0 Å². The van der Waals surface area contributed by atoms with Gasteiger partial charge in [0, 0.05) is 32.2 Å². The molecule has 13 heteroatoms. The van der Waals surface area contributed by atoms with Crippen LogP contribution in [0.3, 0.4) is 0 Å². The lowest BCUT2D eigenvalue weighted by atomic mass is 9.89. The Hall–Kier alpha value is -2.96. The summed E-state index contributed by atoms with van der Waals surface area (Å²) in [6.45, 7) is 24.1. The van der Waals surface area contributed by atoms with Crippen LogP contribution in [0, 0.1) is 5.92 Å². The van der Waals surface area contributed by atoms with E-state index in [1.165, 1.54) is 0 Å². The number of hydrogen-bond acceptors (Lipinski definition) is 9. The lowest BCUT2D eigenvalue weighted by molar-refractivity contribution is 0.0190. The molecule has 0 aromatic carbocycles. The topological polar surface area (TPSA) is 171 Å². The summed E-state index contributed by atoms with van der Waals surface area (Å²) in [7, 11) is 0. The van der Waals surface area contributed by atoms with Gasteiger partial charge in [-0.25, -0.2) is 19.2 Å². The Kier molecular flexibility index (Phi) is 21.4. The zero-order valence-electron chi connectivity index (χ0n) is 33.6. The van der Waals surface area contributed by atoms with Crippen molar-refractivity contribution in [3.8, 4) is 0 Å². The lowest BCUT2D eigenvalue weighted by Gasteiger charge is -2.35. The van der Waals surface area contributed by atoms with Gasteiger partial charge in [-0.1, -0.05) is 19.3 Å². The minimum atomic E-state index is -0.694. The summed E-state index contributed by atoms with van der Waals surface area (Å²) >= 11 is 0. The van der Waals surface area contributed by atoms with Crippen molar-refractivity contribution in [3.63, 3.8) is 0 Å². The third-order valence-electron chi connectivity index (χ3n) is 7.04. The fourth-order valence-electron chi connectivity index (χ4n) is 5.00. The molecule has 2 unspecified atom stereocenters. The van der Waals surface area contributed by atoms with E-state index in [2.05, 4.69) is 16.0 Å². The van der Waals surface area contributed by atoms with Crippen molar-refractivity contribution >= 4 is 24.4 Å². The number of nitrogens with two attached hydrogens (primary N) is 1. The molecule has 5 N–H and O–H groups in total. The summed E-state index contributed by atoms with van der Waals surface area (Å²) in [6, 6.07) is -0.306. The predicted molar refractivity (Wildman–Crippen MR) is 198 cm³/mol. The zero-order valence-corrected chi connectivity index (χ0v) is 33.6. The van der Waals surface area contributed by atoms with E-state index in [0.29, 0.717) is 64.8 Å². The van der Waals surface area contributed by atoms with Gasteiger partial charge < -0.3 is 45.5 Å². The lowest BCUT2D eigenvalue weighted by Crippen LogP contribution is -2.48. The van der Waals surface area contributed by atoms with Gasteiger partial charge in [-0.05, 0) is 140 Å². The molecule has 0 heterocycles. The third kappa shape index (κ3) is 27.8. The molecule has 0 saturated carbocycles. The molecular weight excluding hydrogens is 642 g/mol. The summed E-state index contributed by atoms with van der Waals surface area (Å²) in [5.74, 6) is -0.105. The number of carbonyl (C=O) groups is 4. The number of nitrogens with one attached hydrogen (secondary N) is 3. The Balaban J connectivity index is 5.98. The molecule has 0 bridgehead atoms. The first-order valence-corrected chi connectivity index (χ1v) is 18.5. The quantitative estimate of drug-likeness (QED) is 0.0730. The van der Waals surface area contributed by atoms with E-state index in [1.54, 1.807) is 4.90 Å². The van der Waals surface area contributed by atoms with Crippen molar-refractivity contribution in [2.45, 2.75) is 176 Å². The Morgan fingerprint density at radius 2 is 1.00 bits per heavy atom. The second-order valence-electron chi connectivity index (χ2n) is 17.0. The number of rotatable bonds is 20. The second-order valence-corrected chi connectivity index (χ2v) is 17.0. The third-order valence-corrected chi connectivity index (χ3v) is 7.04. The normalized spacial score (nSPS) is 13.5. The van der Waals surface area contributed by atoms with Crippen molar-refractivity contribution in [1.29, 1.82) is 0 Å². The highest BCUT2D eigenvalue weighted by Gasteiger charge is 2.31. The van der Waals surface area contributed by atoms with Crippen molar-refractivity contribution in [1.82, 2.24) is 20.9 Å². The number of hydrogen-bond donors (Lipinski definition) is 4. The maximum atomic E-state index is 13.6. The van der Waals surface area contributed by atoms with E-state index in [-0.39, 0.29) is 12.0 Å². The van der Waals surface area contributed by atoms with Gasteiger partial charge in [0.25, 0.3) is 0 Å². The molecule has 0 aromatic rings. The molecule has 0 radical (unpaired) electrons. The Morgan fingerprint density at radius 3 is 1.48 bits per heavy atom. The number of unbranched alkanes of at least 4 members (excludes halogenated alkanes) is 5. The molecule has 294 valence electrons. The van der Waals surface area contributed by atoms with Gasteiger partial charge in [0.1, 0.15) is 22.4 Å². The molecule has 0 aromatic heterocycles. The van der Waals surface area contributed by atoms with Crippen LogP contribution in [0.15, 0.2) is 0 Å². The van der Waals surface area contributed by atoms with Crippen molar-refractivity contribution in [2.24, 2.45) is 11.7 Å². The Labute approximate surface area is 303 Å². The predicted octanol–water partition coefficient (Wildman–Crippen LogP) is 7.64. The number of ether oxygens (including phenoxy) is 4. The Morgan fingerprint density at radius 1 is 0.560 bits per heavy atom. The van der Waals surface area contributed by atoms with E-state index < -0.39 is 46.8 Å². The van der Waals surface area contributed by atoms with Gasteiger partial charge in [-0.2, -0.15) is 0 Å². The van der Waals surface area contributed by atoms with E-state index in [0.717, 1.165) is 32.1 Å². The van der Waals surface area contributed by atoms with Crippen LogP contribution in [0.25, 0.3) is 0 Å². The van der Waals surface area contributed by atoms with Crippen molar-refractivity contribution < 1.29 is 38.1 Å². The van der Waals surface area contributed by atoms with Crippen LogP contribution in [-0.4, -0.2) is 90.4 Å². The molecule has 0 aliphatic heterocycles. The number of alkyl carbamates (subject to hydrolysis) is 3. The summed E-state index contributed by atoms with van der Waals surface area (Å²) in [5.41, 5.74) is 3.18. The van der Waals surface area contributed by atoms with E-state index in [1.807, 2.05) is 83.1 Å². The molecule has 13 nitrogen and oxygen atoms in total. The highest BCUT2D eigenvalue weighted by Crippen LogP contribution is 2.23. The molecule has 4 amide bonds. The monoisotopic (exact) mass is 716 g/mol. The van der Waals surface area contributed by atoms with Crippen molar-refractivity contribution in [2.75, 3.05) is 32.7 Å². The van der Waals surface area contributed by atoms with Crippen molar-refractivity contribution in [3.05, 3.63) is 0 Å².